The predicted octanol–water partition coefficient (Wildman–Crippen LogP) is 4.36. The van der Waals surface area contributed by atoms with Gasteiger partial charge in [0.2, 0.25) is 0 Å². The van der Waals surface area contributed by atoms with E-state index in [1.807, 2.05) is 17.9 Å². The molecule has 16 heavy (non-hydrogen) atoms. The maximum Gasteiger partial charge on any atom is 0.255 e. The lowest BCUT2D eigenvalue weighted by Crippen LogP contribution is -2.31. The van der Waals surface area contributed by atoms with Gasteiger partial charge in [0, 0.05) is 19.0 Å². The lowest BCUT2D eigenvalue weighted by Gasteiger charge is -2.19. The van der Waals surface area contributed by atoms with Crippen LogP contribution in [0.2, 0.25) is 0 Å². The molecule has 0 aliphatic rings. The number of alkyl halides is 1. The first-order valence-corrected chi connectivity index (χ1v) is 7.84. The van der Waals surface area contributed by atoms with Crippen molar-refractivity contribution in [2.45, 2.75) is 13.3 Å². The van der Waals surface area contributed by atoms with Gasteiger partial charge in [0.15, 0.2) is 0 Å². The summed E-state index contributed by atoms with van der Waals surface area (Å²) in [6.07, 6.45) is 0.823. The molecule has 90 valence electrons. The first kappa shape index (κ1) is 14.5. The third-order valence-corrected chi connectivity index (χ3v) is 4.72. The van der Waals surface area contributed by atoms with E-state index < -0.39 is 0 Å². The van der Waals surface area contributed by atoms with Crippen LogP contribution < -0.4 is 0 Å². The molecule has 1 aromatic heterocycles. The third-order valence-electron chi connectivity index (χ3n) is 2.12. The molecule has 0 aliphatic heterocycles. The first-order valence-electron chi connectivity index (χ1n) is 4.90. The lowest BCUT2D eigenvalue weighted by atomic mass is 10.3. The molecule has 0 aliphatic carbocycles. The maximum atomic E-state index is 12.2. The van der Waals surface area contributed by atoms with E-state index in [1.165, 1.54) is 11.3 Å². The average molecular weight is 390 g/mol. The number of thiophene rings is 1. The average Bonchev–Trinajstić information content (AvgIpc) is 2.58. The van der Waals surface area contributed by atoms with Crippen LogP contribution in [-0.4, -0.2) is 29.8 Å². The van der Waals surface area contributed by atoms with Gasteiger partial charge in [-0.15, -0.1) is 22.9 Å². The number of amides is 1. The van der Waals surface area contributed by atoms with Crippen LogP contribution in [-0.2, 0) is 0 Å². The summed E-state index contributed by atoms with van der Waals surface area (Å²) in [5.74, 6) is 0.639. The van der Waals surface area contributed by atoms with Crippen LogP contribution in [0, 0.1) is 0 Å². The molecule has 0 atom stereocenters. The fourth-order valence-electron chi connectivity index (χ4n) is 1.31. The van der Waals surface area contributed by atoms with Gasteiger partial charge in [-0.2, -0.15) is 0 Å². The molecule has 0 unspecified atom stereocenters. The molecule has 1 aromatic rings. The molecule has 1 amide bonds. The molecular weight excluding hydrogens is 377 g/mol. The van der Waals surface area contributed by atoms with Crippen LogP contribution in [0.15, 0.2) is 13.6 Å². The van der Waals surface area contributed by atoms with Gasteiger partial charge in [0.25, 0.3) is 5.91 Å². The van der Waals surface area contributed by atoms with E-state index in [4.69, 9.17) is 11.6 Å². The number of hydrogen-bond acceptors (Lipinski definition) is 2. The van der Waals surface area contributed by atoms with Gasteiger partial charge in [0.05, 0.1) is 13.1 Å². The van der Waals surface area contributed by atoms with Crippen molar-refractivity contribution < 1.29 is 4.79 Å². The summed E-state index contributed by atoms with van der Waals surface area (Å²) in [5.41, 5.74) is 0.716. The first-order chi connectivity index (χ1) is 7.60. The summed E-state index contributed by atoms with van der Waals surface area (Å²) in [6.45, 7) is 3.38. The smallest absolute Gasteiger partial charge is 0.255 e. The van der Waals surface area contributed by atoms with Crippen LogP contribution in [0.25, 0.3) is 0 Å². The summed E-state index contributed by atoms with van der Waals surface area (Å²) >= 11 is 13.9. The zero-order valence-electron chi connectivity index (χ0n) is 8.80. The second-order valence-corrected chi connectivity index (χ2v) is 7.29. The van der Waals surface area contributed by atoms with Gasteiger partial charge in [-0.25, -0.2) is 0 Å². The molecule has 0 aromatic carbocycles. The van der Waals surface area contributed by atoms with Gasteiger partial charge in [-0.1, -0.05) is 0 Å². The van der Waals surface area contributed by atoms with Crippen LogP contribution in [0.1, 0.15) is 23.7 Å². The van der Waals surface area contributed by atoms with Crippen molar-refractivity contribution in [1.82, 2.24) is 4.90 Å². The van der Waals surface area contributed by atoms with Gasteiger partial charge >= 0.3 is 0 Å². The number of hydrogen-bond donors (Lipinski definition) is 0. The third kappa shape index (κ3) is 3.72. The Morgan fingerprint density at radius 3 is 2.69 bits per heavy atom. The second-order valence-electron chi connectivity index (χ2n) is 3.17. The van der Waals surface area contributed by atoms with Crippen LogP contribution in [0.4, 0.5) is 0 Å². The summed E-state index contributed by atoms with van der Waals surface area (Å²) in [4.78, 5) is 14.0. The highest BCUT2D eigenvalue weighted by Crippen LogP contribution is 2.32. The zero-order valence-corrected chi connectivity index (χ0v) is 13.5. The molecule has 2 nitrogen and oxygen atoms in total. The van der Waals surface area contributed by atoms with E-state index >= 15 is 0 Å². The lowest BCUT2D eigenvalue weighted by molar-refractivity contribution is 0.0764. The van der Waals surface area contributed by atoms with Crippen molar-refractivity contribution in [2.75, 3.05) is 19.0 Å². The Balaban J connectivity index is 2.78. The Bertz CT molecular complexity index is 370. The number of halogens is 3. The van der Waals surface area contributed by atoms with E-state index in [-0.39, 0.29) is 5.91 Å². The van der Waals surface area contributed by atoms with Crippen molar-refractivity contribution >= 4 is 60.7 Å². The highest BCUT2D eigenvalue weighted by Gasteiger charge is 2.18. The van der Waals surface area contributed by atoms with E-state index in [0.29, 0.717) is 24.5 Å². The van der Waals surface area contributed by atoms with E-state index in [1.54, 1.807) is 0 Å². The number of nitrogens with zero attached hydrogens (tertiary/aromatic N) is 1. The summed E-state index contributed by atoms with van der Waals surface area (Å²) < 4.78 is 1.82. The Hall–Kier alpha value is 0.420. The van der Waals surface area contributed by atoms with Crippen molar-refractivity contribution in [2.24, 2.45) is 0 Å². The van der Waals surface area contributed by atoms with Crippen LogP contribution in [0.5, 0.6) is 0 Å². The summed E-state index contributed by atoms with van der Waals surface area (Å²) in [7, 11) is 0. The van der Waals surface area contributed by atoms with E-state index in [9.17, 15) is 4.79 Å². The molecule has 1 heterocycles. The van der Waals surface area contributed by atoms with Crippen LogP contribution >= 0.6 is 54.8 Å². The molecule has 0 saturated carbocycles. The Morgan fingerprint density at radius 2 is 2.25 bits per heavy atom. The van der Waals surface area contributed by atoms with Crippen LogP contribution in [0.3, 0.4) is 0 Å². The number of rotatable bonds is 5. The van der Waals surface area contributed by atoms with E-state index in [2.05, 4.69) is 31.9 Å². The zero-order chi connectivity index (χ0) is 12.1. The standard InChI is InChI=1S/C10H12Br2ClNOS/c1-2-14(5-3-4-13)10(15)7-6-8(11)16-9(7)12/h6H,2-5H2,1H3. The Labute approximate surface area is 121 Å². The molecule has 0 fully saturated rings. The topological polar surface area (TPSA) is 20.3 Å². The molecule has 0 saturated heterocycles. The van der Waals surface area contributed by atoms with Crippen molar-refractivity contribution in [3.05, 3.63) is 19.2 Å². The van der Waals surface area contributed by atoms with Gasteiger partial charge in [-0.05, 0) is 51.3 Å². The van der Waals surface area contributed by atoms with Crippen molar-refractivity contribution in [1.29, 1.82) is 0 Å². The predicted molar refractivity (Wildman–Crippen MR) is 76.6 cm³/mol. The number of carbonyl (C=O) groups excluding carboxylic acids is 1. The minimum Gasteiger partial charge on any atom is -0.339 e. The Kier molecular flexibility index (Phi) is 6.32. The quantitative estimate of drug-likeness (QED) is 0.685. The molecular formula is C10H12Br2ClNOS. The number of carbonyl (C=O) groups is 1. The van der Waals surface area contributed by atoms with Gasteiger partial charge < -0.3 is 4.90 Å². The summed E-state index contributed by atoms with van der Waals surface area (Å²) in [5, 5.41) is 0. The summed E-state index contributed by atoms with van der Waals surface area (Å²) in [6, 6.07) is 1.85. The maximum absolute atomic E-state index is 12.2. The highest BCUT2D eigenvalue weighted by atomic mass is 79.9. The fourth-order valence-corrected chi connectivity index (χ4v) is 4.21. The monoisotopic (exact) mass is 387 g/mol. The highest BCUT2D eigenvalue weighted by molar-refractivity contribution is 9.12. The minimum atomic E-state index is 0.0569. The molecule has 0 N–H and O–H groups in total. The fraction of sp³-hybridized carbons (Fsp3) is 0.500. The van der Waals surface area contributed by atoms with E-state index in [0.717, 1.165) is 14.0 Å². The molecule has 1 rings (SSSR count). The van der Waals surface area contributed by atoms with Gasteiger partial charge in [0.1, 0.15) is 0 Å². The molecule has 0 radical (unpaired) electrons. The van der Waals surface area contributed by atoms with Gasteiger partial charge in [-0.3, -0.25) is 4.79 Å². The normalized spacial score (nSPS) is 10.5. The Morgan fingerprint density at radius 1 is 1.56 bits per heavy atom. The molecule has 0 spiro atoms. The van der Waals surface area contributed by atoms with Crippen molar-refractivity contribution in [3.8, 4) is 0 Å². The second kappa shape index (κ2) is 6.99. The largest absolute Gasteiger partial charge is 0.339 e. The SMILES string of the molecule is CCN(CCCCl)C(=O)c1cc(Br)sc1Br. The molecule has 6 heteroatoms. The van der Waals surface area contributed by atoms with Crippen molar-refractivity contribution in [3.63, 3.8) is 0 Å². The molecule has 0 bridgehead atoms. The minimum absolute atomic E-state index is 0.0569.